The van der Waals surface area contributed by atoms with Crippen LogP contribution < -0.4 is 5.46 Å². The molecule has 0 aliphatic rings. The van der Waals surface area contributed by atoms with E-state index >= 15 is 0 Å². The summed E-state index contributed by atoms with van der Waals surface area (Å²) in [6.07, 6.45) is 0. The van der Waals surface area contributed by atoms with Gasteiger partial charge in [-0.15, -0.1) is 0 Å². The second kappa shape index (κ2) is 5.94. The summed E-state index contributed by atoms with van der Waals surface area (Å²) < 4.78 is 6.75. The summed E-state index contributed by atoms with van der Waals surface area (Å²) in [5.41, 5.74) is 3.73. The van der Waals surface area contributed by atoms with Crippen LogP contribution in [0.3, 0.4) is 0 Å². The Morgan fingerprint density at radius 3 is 2.50 bits per heavy atom. The third-order valence-corrected chi connectivity index (χ3v) is 5.33. The van der Waals surface area contributed by atoms with Crippen LogP contribution in [-0.2, 0) is 0 Å². The molecule has 0 saturated heterocycles. The van der Waals surface area contributed by atoms with Gasteiger partial charge >= 0.3 is 7.12 Å². The molecule has 0 unspecified atom stereocenters. The molecular formula is C18H11BBrClO3. The van der Waals surface area contributed by atoms with Crippen molar-refractivity contribution in [3.63, 3.8) is 0 Å². The Morgan fingerprint density at radius 2 is 1.71 bits per heavy atom. The molecule has 0 saturated carbocycles. The van der Waals surface area contributed by atoms with E-state index in [0.717, 1.165) is 37.5 Å². The van der Waals surface area contributed by atoms with Gasteiger partial charge in [0.1, 0.15) is 11.2 Å². The first-order valence-corrected chi connectivity index (χ1v) is 8.48. The van der Waals surface area contributed by atoms with Crippen LogP contribution in [0, 0.1) is 0 Å². The van der Waals surface area contributed by atoms with Crippen LogP contribution in [0.4, 0.5) is 0 Å². The highest BCUT2D eigenvalue weighted by Crippen LogP contribution is 2.39. The Balaban J connectivity index is 1.92. The van der Waals surface area contributed by atoms with Crippen molar-refractivity contribution in [3.8, 4) is 11.1 Å². The van der Waals surface area contributed by atoms with Crippen molar-refractivity contribution in [2.75, 3.05) is 0 Å². The highest BCUT2D eigenvalue weighted by Gasteiger charge is 2.15. The van der Waals surface area contributed by atoms with Crippen molar-refractivity contribution in [1.29, 1.82) is 0 Å². The molecule has 0 aliphatic heterocycles. The lowest BCUT2D eigenvalue weighted by molar-refractivity contribution is 0.426. The lowest BCUT2D eigenvalue weighted by Gasteiger charge is -2.05. The van der Waals surface area contributed by atoms with E-state index in [0.29, 0.717) is 10.5 Å². The first kappa shape index (κ1) is 15.7. The van der Waals surface area contributed by atoms with E-state index in [-0.39, 0.29) is 0 Å². The minimum atomic E-state index is -1.49. The van der Waals surface area contributed by atoms with Crippen LogP contribution >= 0.6 is 27.5 Å². The number of hydrogen-bond donors (Lipinski definition) is 2. The molecule has 0 amide bonds. The molecule has 118 valence electrons. The topological polar surface area (TPSA) is 53.6 Å². The molecular weight excluding hydrogens is 390 g/mol. The van der Waals surface area contributed by atoms with Crippen molar-refractivity contribution in [2.45, 2.75) is 0 Å². The molecule has 3 aromatic carbocycles. The first-order valence-electron chi connectivity index (χ1n) is 7.31. The monoisotopic (exact) mass is 400 g/mol. The minimum absolute atomic E-state index is 0.448. The fraction of sp³-hybridized carbons (Fsp3) is 0. The van der Waals surface area contributed by atoms with Crippen molar-refractivity contribution in [1.82, 2.24) is 0 Å². The third kappa shape index (κ3) is 2.54. The molecule has 0 fully saturated rings. The summed E-state index contributed by atoms with van der Waals surface area (Å²) in [5, 5.41) is 21.1. The number of rotatable bonds is 2. The SMILES string of the molecule is OB(O)c1cccc(-c2ccc3c(c2)oc2ccc(Br)c(Cl)c23)c1. The zero-order valence-electron chi connectivity index (χ0n) is 12.3. The zero-order valence-corrected chi connectivity index (χ0v) is 14.7. The van der Waals surface area contributed by atoms with Gasteiger partial charge in [-0.25, -0.2) is 0 Å². The van der Waals surface area contributed by atoms with E-state index < -0.39 is 7.12 Å². The van der Waals surface area contributed by atoms with Crippen molar-refractivity contribution in [2.24, 2.45) is 0 Å². The standard InChI is InChI=1S/C18H11BBrClO3/c20-14-6-7-15-17(18(14)21)13-5-4-11(9-16(13)24-15)10-2-1-3-12(8-10)19(22)23/h1-9,22-23H. The van der Waals surface area contributed by atoms with E-state index in [1.54, 1.807) is 18.2 Å². The van der Waals surface area contributed by atoms with Gasteiger partial charge < -0.3 is 14.5 Å². The third-order valence-electron chi connectivity index (χ3n) is 4.05. The number of furan rings is 1. The molecule has 4 rings (SSSR count). The molecule has 0 spiro atoms. The molecule has 0 bridgehead atoms. The van der Waals surface area contributed by atoms with E-state index in [1.165, 1.54) is 0 Å². The molecule has 3 nitrogen and oxygen atoms in total. The molecule has 0 atom stereocenters. The van der Waals surface area contributed by atoms with Crippen LogP contribution in [0.1, 0.15) is 0 Å². The molecule has 4 aromatic rings. The predicted octanol–water partition coefficient (Wildman–Crippen LogP) is 4.35. The van der Waals surface area contributed by atoms with Gasteiger partial charge in [0.15, 0.2) is 0 Å². The van der Waals surface area contributed by atoms with Crippen molar-refractivity contribution < 1.29 is 14.5 Å². The minimum Gasteiger partial charge on any atom is -0.456 e. The van der Waals surface area contributed by atoms with Crippen LogP contribution in [0.2, 0.25) is 5.02 Å². The molecule has 2 N–H and O–H groups in total. The fourth-order valence-corrected chi connectivity index (χ4v) is 3.45. The Morgan fingerprint density at radius 1 is 0.917 bits per heavy atom. The molecule has 6 heteroatoms. The number of hydrogen-bond acceptors (Lipinski definition) is 3. The summed E-state index contributed by atoms with van der Waals surface area (Å²) in [6.45, 7) is 0. The number of halogens is 2. The quantitative estimate of drug-likeness (QED) is 0.491. The van der Waals surface area contributed by atoms with Gasteiger partial charge in [-0.3, -0.25) is 0 Å². The van der Waals surface area contributed by atoms with Gasteiger partial charge in [0.2, 0.25) is 0 Å². The van der Waals surface area contributed by atoms with Gasteiger partial charge in [0, 0.05) is 15.2 Å². The summed E-state index contributed by atoms with van der Waals surface area (Å²) in [7, 11) is -1.49. The lowest BCUT2D eigenvalue weighted by Crippen LogP contribution is -2.29. The second-order valence-corrected chi connectivity index (χ2v) is 6.78. The highest BCUT2D eigenvalue weighted by atomic mass is 79.9. The molecule has 24 heavy (non-hydrogen) atoms. The predicted molar refractivity (Wildman–Crippen MR) is 102 cm³/mol. The molecule has 1 aromatic heterocycles. The maximum atomic E-state index is 9.34. The Labute approximate surface area is 151 Å². The van der Waals surface area contributed by atoms with E-state index in [2.05, 4.69) is 15.9 Å². The zero-order chi connectivity index (χ0) is 16.8. The number of benzene rings is 3. The van der Waals surface area contributed by atoms with E-state index in [9.17, 15) is 10.0 Å². The van der Waals surface area contributed by atoms with Gasteiger partial charge in [0.25, 0.3) is 0 Å². The fourth-order valence-electron chi connectivity index (χ4n) is 2.86. The summed E-state index contributed by atoms with van der Waals surface area (Å²) in [4.78, 5) is 0. The molecule has 0 radical (unpaired) electrons. The largest absolute Gasteiger partial charge is 0.488 e. The maximum absolute atomic E-state index is 9.34. The van der Waals surface area contributed by atoms with Crippen LogP contribution in [0.15, 0.2) is 63.5 Å². The van der Waals surface area contributed by atoms with Gasteiger partial charge in [-0.2, -0.15) is 0 Å². The Kier molecular flexibility index (Phi) is 3.89. The second-order valence-electron chi connectivity index (χ2n) is 5.55. The lowest BCUT2D eigenvalue weighted by atomic mass is 9.79. The normalized spacial score (nSPS) is 11.3. The summed E-state index contributed by atoms with van der Waals surface area (Å²) >= 11 is 9.83. The highest BCUT2D eigenvalue weighted by molar-refractivity contribution is 9.10. The Hall–Kier alpha value is -1.79. The van der Waals surface area contributed by atoms with Gasteiger partial charge in [-0.05, 0) is 56.8 Å². The first-order chi connectivity index (χ1) is 11.5. The van der Waals surface area contributed by atoms with E-state index in [1.807, 2.05) is 36.4 Å². The van der Waals surface area contributed by atoms with Crippen LogP contribution in [0.5, 0.6) is 0 Å². The summed E-state index contributed by atoms with van der Waals surface area (Å²) in [6, 6.07) is 16.7. The van der Waals surface area contributed by atoms with Crippen molar-refractivity contribution >= 4 is 62.1 Å². The van der Waals surface area contributed by atoms with Gasteiger partial charge in [-0.1, -0.05) is 41.9 Å². The molecule has 0 aliphatic carbocycles. The van der Waals surface area contributed by atoms with Crippen LogP contribution in [0.25, 0.3) is 33.1 Å². The van der Waals surface area contributed by atoms with E-state index in [4.69, 9.17) is 16.0 Å². The average Bonchev–Trinajstić information content (AvgIpc) is 2.96. The van der Waals surface area contributed by atoms with Crippen LogP contribution in [-0.4, -0.2) is 17.2 Å². The smallest absolute Gasteiger partial charge is 0.456 e. The number of fused-ring (bicyclic) bond motifs is 3. The van der Waals surface area contributed by atoms with Gasteiger partial charge in [0.05, 0.1) is 5.02 Å². The maximum Gasteiger partial charge on any atom is 0.488 e. The average molecular weight is 401 g/mol. The Bertz CT molecular complexity index is 1070. The molecule has 1 heterocycles. The summed E-state index contributed by atoms with van der Waals surface area (Å²) in [5.74, 6) is 0. The van der Waals surface area contributed by atoms with Crippen molar-refractivity contribution in [3.05, 3.63) is 64.1 Å².